The van der Waals surface area contributed by atoms with Crippen molar-refractivity contribution in [3.05, 3.63) is 69.4 Å². The van der Waals surface area contributed by atoms with Crippen LogP contribution in [-0.4, -0.2) is 23.2 Å². The van der Waals surface area contributed by atoms with Crippen LogP contribution in [0.2, 0.25) is 0 Å². The highest BCUT2D eigenvalue weighted by molar-refractivity contribution is 7.19. The number of ether oxygens (including phenoxy) is 2. The van der Waals surface area contributed by atoms with Crippen molar-refractivity contribution in [2.45, 2.75) is 13.8 Å². The van der Waals surface area contributed by atoms with Crippen molar-refractivity contribution >= 4 is 55.3 Å². The van der Waals surface area contributed by atoms with Crippen molar-refractivity contribution in [2.24, 2.45) is 0 Å². The van der Waals surface area contributed by atoms with Crippen LogP contribution in [-0.2, 0) is 0 Å². The third-order valence-electron chi connectivity index (χ3n) is 4.55. The van der Waals surface area contributed by atoms with E-state index in [2.05, 4.69) is 9.97 Å². The van der Waals surface area contributed by atoms with Crippen LogP contribution >= 0.6 is 22.7 Å². The van der Waals surface area contributed by atoms with E-state index in [1.165, 1.54) is 0 Å². The maximum Gasteiger partial charge on any atom is 0.130 e. The zero-order valence-electron chi connectivity index (χ0n) is 17.1. The van der Waals surface area contributed by atoms with Crippen molar-refractivity contribution in [1.29, 1.82) is 0 Å². The molecule has 5 rings (SSSR count). The normalized spacial score (nSPS) is 12.8. The predicted molar refractivity (Wildman–Crippen MR) is 127 cm³/mol. The Kier molecular flexibility index (Phi) is 5.44. The Labute approximate surface area is 186 Å². The number of aromatic nitrogens is 2. The smallest absolute Gasteiger partial charge is 0.130 e. The lowest BCUT2D eigenvalue weighted by Gasteiger charge is -2.00. The largest absolute Gasteiger partial charge is 0.494 e. The summed E-state index contributed by atoms with van der Waals surface area (Å²) in [4.78, 5) is 9.34. The predicted octanol–water partition coefficient (Wildman–Crippen LogP) is 4.95. The molecule has 0 saturated heterocycles. The maximum atomic E-state index is 5.98. The number of benzene rings is 2. The molecule has 0 N–H and O–H groups in total. The van der Waals surface area contributed by atoms with Crippen molar-refractivity contribution < 1.29 is 13.9 Å². The van der Waals surface area contributed by atoms with Gasteiger partial charge in [-0.25, -0.2) is 9.97 Å². The van der Waals surface area contributed by atoms with Crippen molar-refractivity contribution in [2.75, 3.05) is 13.2 Å². The first-order valence-electron chi connectivity index (χ1n) is 10.1. The van der Waals surface area contributed by atoms with Gasteiger partial charge in [0.05, 0.1) is 33.6 Å². The molecule has 0 saturated carbocycles. The molecular weight excluding hydrogens is 428 g/mol. The van der Waals surface area contributed by atoms with Gasteiger partial charge in [0.15, 0.2) is 0 Å². The lowest BCUT2D eigenvalue weighted by atomic mass is 10.3. The lowest BCUT2D eigenvalue weighted by Crippen LogP contribution is -1.99. The Balaban J connectivity index is 1.44. The van der Waals surface area contributed by atoms with Crippen LogP contribution < -0.4 is 20.3 Å². The van der Waals surface area contributed by atoms with E-state index in [4.69, 9.17) is 13.9 Å². The highest BCUT2D eigenvalue weighted by Crippen LogP contribution is 2.27. The Bertz CT molecular complexity index is 1370. The minimum Gasteiger partial charge on any atom is -0.494 e. The number of fused-ring (bicyclic) bond motifs is 2. The summed E-state index contributed by atoms with van der Waals surface area (Å²) in [6.07, 6.45) is 3.91. The average Bonchev–Trinajstić information content (AvgIpc) is 3.46. The van der Waals surface area contributed by atoms with Gasteiger partial charge in [-0.15, -0.1) is 22.7 Å². The van der Waals surface area contributed by atoms with Crippen LogP contribution in [0.25, 0.3) is 32.6 Å². The van der Waals surface area contributed by atoms with Gasteiger partial charge in [-0.3, -0.25) is 0 Å². The zero-order chi connectivity index (χ0) is 21.2. The molecule has 2 aromatic carbocycles. The van der Waals surface area contributed by atoms with Gasteiger partial charge in [0.25, 0.3) is 0 Å². The molecule has 0 aliphatic rings. The van der Waals surface area contributed by atoms with Crippen LogP contribution in [0, 0.1) is 0 Å². The molecule has 0 bridgehead atoms. The Morgan fingerprint density at radius 2 is 1.23 bits per heavy atom. The van der Waals surface area contributed by atoms with Gasteiger partial charge in [-0.05, 0) is 62.4 Å². The van der Waals surface area contributed by atoms with Gasteiger partial charge in [0.1, 0.15) is 32.3 Å². The second-order valence-corrected chi connectivity index (χ2v) is 8.88. The number of thiazole rings is 2. The highest BCUT2D eigenvalue weighted by atomic mass is 32.1. The van der Waals surface area contributed by atoms with E-state index in [9.17, 15) is 0 Å². The maximum absolute atomic E-state index is 5.98. The summed E-state index contributed by atoms with van der Waals surface area (Å²) in [6, 6.07) is 15.8. The number of rotatable bonds is 6. The molecule has 0 aliphatic carbocycles. The van der Waals surface area contributed by atoms with Crippen LogP contribution in [0.15, 0.2) is 52.9 Å². The number of hydrogen-bond acceptors (Lipinski definition) is 7. The first-order valence-corrected chi connectivity index (χ1v) is 11.7. The van der Waals surface area contributed by atoms with Crippen LogP contribution in [0.1, 0.15) is 23.9 Å². The Morgan fingerprint density at radius 1 is 0.742 bits per heavy atom. The molecule has 3 aromatic heterocycles. The molecule has 0 fully saturated rings. The molecule has 5 nitrogen and oxygen atoms in total. The molecule has 0 aliphatic heterocycles. The van der Waals surface area contributed by atoms with Gasteiger partial charge >= 0.3 is 0 Å². The zero-order valence-corrected chi connectivity index (χ0v) is 18.8. The molecule has 156 valence electrons. The molecule has 0 unspecified atom stereocenters. The average molecular weight is 449 g/mol. The molecule has 0 amide bonds. The molecular formula is C24H20N2O3S2. The molecule has 5 aromatic rings. The standard InChI is InChI=1S/C24H20N2O3S2/c1-3-27-15-7-9-19-21(11-15)30-23(25-19)13-17-5-6-18(29-17)14-24-26-20-10-8-16(28-4-2)12-22(20)31-24/h5-14H,3-4H2,1-2H3/b17-13+,18-14+. The van der Waals surface area contributed by atoms with E-state index < -0.39 is 0 Å². The van der Waals surface area contributed by atoms with Gasteiger partial charge in [-0.2, -0.15) is 0 Å². The van der Waals surface area contributed by atoms with E-state index >= 15 is 0 Å². The van der Waals surface area contributed by atoms with Crippen LogP contribution in [0.5, 0.6) is 11.5 Å². The summed E-state index contributed by atoms with van der Waals surface area (Å²) in [6.45, 7) is 5.26. The van der Waals surface area contributed by atoms with Crippen LogP contribution in [0.3, 0.4) is 0 Å². The van der Waals surface area contributed by atoms with Gasteiger partial charge < -0.3 is 13.9 Å². The van der Waals surface area contributed by atoms with Gasteiger partial charge in [-0.1, -0.05) is 0 Å². The monoisotopic (exact) mass is 448 g/mol. The SMILES string of the molecule is CCOc1ccc2nc(/C=c3\cc/c(=C\c4nc5ccc(OCC)cc5s4)o3)sc2c1. The summed E-state index contributed by atoms with van der Waals surface area (Å²) in [7, 11) is 0. The molecule has 0 spiro atoms. The van der Waals surface area contributed by atoms with Crippen molar-refractivity contribution in [3.63, 3.8) is 0 Å². The van der Waals surface area contributed by atoms with E-state index in [0.717, 1.165) is 52.8 Å². The fourth-order valence-corrected chi connectivity index (χ4v) is 5.12. The third-order valence-corrected chi connectivity index (χ3v) is 6.48. The molecule has 0 atom stereocenters. The first kappa shape index (κ1) is 19.8. The third kappa shape index (κ3) is 4.33. The fraction of sp³-hybridized carbons (Fsp3) is 0.167. The summed E-state index contributed by atoms with van der Waals surface area (Å²) in [5, 5.41) is 1.79. The Hall–Kier alpha value is -3.16. The minimum atomic E-state index is 0.650. The van der Waals surface area contributed by atoms with E-state index in [1.54, 1.807) is 22.7 Å². The molecule has 0 radical (unpaired) electrons. The first-order chi connectivity index (χ1) is 15.2. The Morgan fingerprint density at radius 3 is 1.68 bits per heavy atom. The second-order valence-electron chi connectivity index (χ2n) is 6.76. The number of nitrogens with zero attached hydrogens (tertiary/aromatic N) is 2. The summed E-state index contributed by atoms with van der Waals surface area (Å²) in [5.74, 6) is 1.73. The van der Waals surface area contributed by atoms with E-state index in [1.807, 2.05) is 74.5 Å². The minimum absolute atomic E-state index is 0.650. The number of hydrogen-bond donors (Lipinski definition) is 0. The van der Waals surface area contributed by atoms with Crippen molar-refractivity contribution in [1.82, 2.24) is 9.97 Å². The van der Waals surface area contributed by atoms with E-state index in [0.29, 0.717) is 13.2 Å². The summed E-state index contributed by atoms with van der Waals surface area (Å²) < 4.78 is 19.3. The molecule has 31 heavy (non-hydrogen) atoms. The quantitative estimate of drug-likeness (QED) is 0.368. The topological polar surface area (TPSA) is 57.4 Å². The molecule has 7 heteroatoms. The fourth-order valence-electron chi connectivity index (χ4n) is 3.25. The number of furan rings is 1. The van der Waals surface area contributed by atoms with Crippen molar-refractivity contribution in [3.8, 4) is 11.5 Å². The van der Waals surface area contributed by atoms with Gasteiger partial charge in [0.2, 0.25) is 0 Å². The highest BCUT2D eigenvalue weighted by Gasteiger charge is 2.05. The second kappa shape index (κ2) is 8.53. The lowest BCUT2D eigenvalue weighted by molar-refractivity contribution is 0.340. The molecule has 3 heterocycles. The summed E-state index contributed by atoms with van der Waals surface area (Å²) in [5.41, 5.74) is 3.43. The van der Waals surface area contributed by atoms with Gasteiger partial charge in [0, 0.05) is 12.2 Å². The van der Waals surface area contributed by atoms with E-state index in [-0.39, 0.29) is 0 Å². The van der Waals surface area contributed by atoms with Crippen LogP contribution in [0.4, 0.5) is 0 Å². The summed E-state index contributed by atoms with van der Waals surface area (Å²) >= 11 is 3.23.